The molecule has 21 heavy (non-hydrogen) atoms. The van der Waals surface area contributed by atoms with E-state index in [1.165, 1.54) is 44.1 Å². The number of hydrogen-bond donors (Lipinski definition) is 0. The monoisotopic (exact) mass is 292 g/mol. The van der Waals surface area contributed by atoms with Gasteiger partial charge < -0.3 is 14.2 Å². The number of para-hydroxylation sites is 1. The summed E-state index contributed by atoms with van der Waals surface area (Å²) in [6.07, 6.45) is 9.09. The highest BCUT2D eigenvalue weighted by Gasteiger charge is 2.22. The molecule has 3 nitrogen and oxygen atoms in total. The quantitative estimate of drug-likeness (QED) is 0.424. The van der Waals surface area contributed by atoms with Gasteiger partial charge in [-0.3, -0.25) is 0 Å². The van der Waals surface area contributed by atoms with Gasteiger partial charge in [-0.25, -0.2) is 0 Å². The van der Waals surface area contributed by atoms with Crippen molar-refractivity contribution in [3.8, 4) is 5.75 Å². The predicted molar refractivity (Wildman–Crippen MR) is 84.7 cm³/mol. The van der Waals surface area contributed by atoms with E-state index in [4.69, 9.17) is 14.2 Å². The molecule has 1 atom stereocenters. The molecule has 1 saturated heterocycles. The van der Waals surface area contributed by atoms with Crippen LogP contribution >= 0.6 is 0 Å². The van der Waals surface area contributed by atoms with E-state index >= 15 is 0 Å². The fourth-order valence-electron chi connectivity index (χ4n) is 2.41. The minimum absolute atomic E-state index is 0.0203. The van der Waals surface area contributed by atoms with E-state index in [0.29, 0.717) is 13.2 Å². The van der Waals surface area contributed by atoms with Crippen molar-refractivity contribution in [2.24, 2.45) is 0 Å². The van der Waals surface area contributed by atoms with Gasteiger partial charge in [0.2, 0.25) is 0 Å². The second-order valence-corrected chi connectivity index (χ2v) is 5.61. The van der Waals surface area contributed by atoms with Crippen LogP contribution < -0.4 is 4.74 Å². The first-order valence-corrected chi connectivity index (χ1v) is 8.34. The lowest BCUT2D eigenvalue weighted by Gasteiger charge is -2.11. The fourth-order valence-corrected chi connectivity index (χ4v) is 2.41. The van der Waals surface area contributed by atoms with Crippen LogP contribution in [0.5, 0.6) is 5.75 Å². The first-order valence-electron chi connectivity index (χ1n) is 8.34. The summed E-state index contributed by atoms with van der Waals surface area (Å²) in [6.45, 7) is 4.17. The zero-order chi connectivity index (χ0) is 14.8. The molecule has 0 bridgehead atoms. The molecule has 0 aliphatic carbocycles. The van der Waals surface area contributed by atoms with E-state index < -0.39 is 0 Å². The molecule has 3 heteroatoms. The van der Waals surface area contributed by atoms with Gasteiger partial charge in [0, 0.05) is 0 Å². The molecular formula is C18H28O3. The van der Waals surface area contributed by atoms with Crippen molar-refractivity contribution in [3.63, 3.8) is 0 Å². The van der Waals surface area contributed by atoms with Gasteiger partial charge in [-0.05, 0) is 24.5 Å². The Hall–Kier alpha value is -1.06. The molecule has 0 spiro atoms. The molecule has 1 aliphatic rings. The summed E-state index contributed by atoms with van der Waals surface area (Å²) in [4.78, 5) is 0. The summed E-state index contributed by atoms with van der Waals surface area (Å²) in [6, 6.07) is 8.35. The zero-order valence-electron chi connectivity index (χ0n) is 13.2. The summed E-state index contributed by atoms with van der Waals surface area (Å²) in [7, 11) is 0. The Morgan fingerprint density at radius 1 is 1.05 bits per heavy atom. The average Bonchev–Trinajstić information content (AvgIpc) is 3.33. The molecule has 0 radical (unpaired) electrons. The minimum atomic E-state index is 0.0203. The molecule has 0 N–H and O–H groups in total. The van der Waals surface area contributed by atoms with Gasteiger partial charge in [0.05, 0.1) is 6.61 Å². The van der Waals surface area contributed by atoms with Crippen LogP contribution in [0.4, 0.5) is 0 Å². The van der Waals surface area contributed by atoms with Crippen molar-refractivity contribution < 1.29 is 14.2 Å². The second kappa shape index (κ2) is 9.80. The van der Waals surface area contributed by atoms with Crippen LogP contribution in [0.3, 0.4) is 0 Å². The molecule has 1 fully saturated rings. The topological polar surface area (TPSA) is 31.0 Å². The summed E-state index contributed by atoms with van der Waals surface area (Å²) in [5, 5.41) is 0. The van der Waals surface area contributed by atoms with E-state index in [0.717, 1.165) is 18.8 Å². The molecular weight excluding hydrogens is 264 g/mol. The highest BCUT2D eigenvalue weighted by atomic mass is 16.8. The minimum Gasteiger partial charge on any atom is -0.491 e. The van der Waals surface area contributed by atoms with Gasteiger partial charge in [-0.1, -0.05) is 57.2 Å². The van der Waals surface area contributed by atoms with Gasteiger partial charge in [0.15, 0.2) is 6.29 Å². The van der Waals surface area contributed by atoms with Gasteiger partial charge >= 0.3 is 0 Å². The number of aryl methyl sites for hydroxylation is 1. The summed E-state index contributed by atoms with van der Waals surface area (Å²) in [5.74, 6) is 1.01. The third kappa shape index (κ3) is 6.96. The van der Waals surface area contributed by atoms with E-state index in [-0.39, 0.29) is 6.29 Å². The summed E-state index contributed by atoms with van der Waals surface area (Å²) in [5.41, 5.74) is 1.32. The highest BCUT2D eigenvalue weighted by molar-refractivity contribution is 5.33. The molecule has 1 aliphatic heterocycles. The Kier molecular flexibility index (Phi) is 7.61. The molecule has 1 unspecified atom stereocenters. The SMILES string of the molecule is CCCCCCCCc1ccccc1OCCOC1CO1. The smallest absolute Gasteiger partial charge is 0.181 e. The van der Waals surface area contributed by atoms with Crippen LogP contribution in [0.2, 0.25) is 0 Å². The molecule has 1 aromatic carbocycles. The lowest BCUT2D eigenvalue weighted by Crippen LogP contribution is -2.09. The summed E-state index contributed by atoms with van der Waals surface area (Å²) >= 11 is 0. The number of epoxide rings is 1. The Bertz CT molecular complexity index is 388. The zero-order valence-corrected chi connectivity index (χ0v) is 13.2. The predicted octanol–water partition coefficient (Wildman–Crippen LogP) is 4.34. The van der Waals surface area contributed by atoms with E-state index in [1.54, 1.807) is 0 Å². The molecule has 118 valence electrons. The van der Waals surface area contributed by atoms with Gasteiger partial charge in [0.1, 0.15) is 19.0 Å². The Morgan fingerprint density at radius 2 is 1.81 bits per heavy atom. The van der Waals surface area contributed by atoms with Crippen molar-refractivity contribution in [3.05, 3.63) is 29.8 Å². The standard InChI is InChI=1S/C18H28O3/c1-2-3-4-5-6-7-10-16-11-8-9-12-17(16)19-13-14-20-18-15-21-18/h8-9,11-12,18H,2-7,10,13-15H2,1H3. The van der Waals surface area contributed by atoms with Crippen molar-refractivity contribution >= 4 is 0 Å². The van der Waals surface area contributed by atoms with Crippen LogP contribution in [0, 0.1) is 0 Å². The number of unbranched alkanes of at least 4 members (excludes halogenated alkanes) is 5. The average molecular weight is 292 g/mol. The van der Waals surface area contributed by atoms with E-state index in [2.05, 4.69) is 25.1 Å². The molecule has 0 saturated carbocycles. The van der Waals surface area contributed by atoms with Crippen LogP contribution in [0.25, 0.3) is 0 Å². The molecule has 0 aromatic heterocycles. The Morgan fingerprint density at radius 3 is 2.62 bits per heavy atom. The first kappa shape index (κ1) is 16.3. The maximum Gasteiger partial charge on any atom is 0.181 e. The van der Waals surface area contributed by atoms with Crippen molar-refractivity contribution in [2.75, 3.05) is 19.8 Å². The molecule has 2 rings (SSSR count). The third-order valence-electron chi connectivity index (χ3n) is 3.72. The lowest BCUT2D eigenvalue weighted by molar-refractivity contribution is 0.0322. The van der Waals surface area contributed by atoms with Crippen molar-refractivity contribution in [2.45, 2.75) is 58.2 Å². The maximum atomic E-state index is 5.83. The Labute approximate surface area is 128 Å². The first-order chi connectivity index (χ1) is 10.4. The normalized spacial score (nSPS) is 16.9. The van der Waals surface area contributed by atoms with Gasteiger partial charge in [-0.15, -0.1) is 0 Å². The number of benzene rings is 1. The summed E-state index contributed by atoms with van der Waals surface area (Å²) < 4.78 is 16.2. The number of rotatable bonds is 12. The van der Waals surface area contributed by atoms with E-state index in [9.17, 15) is 0 Å². The van der Waals surface area contributed by atoms with Crippen molar-refractivity contribution in [1.29, 1.82) is 0 Å². The fraction of sp³-hybridized carbons (Fsp3) is 0.667. The Balaban J connectivity index is 1.63. The van der Waals surface area contributed by atoms with Crippen molar-refractivity contribution in [1.82, 2.24) is 0 Å². The second-order valence-electron chi connectivity index (χ2n) is 5.61. The van der Waals surface area contributed by atoms with Crippen LogP contribution in [-0.4, -0.2) is 26.1 Å². The number of hydrogen-bond acceptors (Lipinski definition) is 3. The third-order valence-corrected chi connectivity index (χ3v) is 3.72. The molecule has 1 aromatic rings. The lowest BCUT2D eigenvalue weighted by atomic mass is 10.0. The van der Waals surface area contributed by atoms with E-state index in [1.807, 2.05) is 6.07 Å². The van der Waals surface area contributed by atoms with Gasteiger partial charge in [-0.2, -0.15) is 0 Å². The van der Waals surface area contributed by atoms with Crippen LogP contribution in [-0.2, 0) is 15.9 Å². The maximum absolute atomic E-state index is 5.83. The number of ether oxygens (including phenoxy) is 3. The van der Waals surface area contributed by atoms with Crippen LogP contribution in [0.15, 0.2) is 24.3 Å². The molecule has 1 heterocycles. The largest absolute Gasteiger partial charge is 0.491 e. The van der Waals surface area contributed by atoms with Gasteiger partial charge in [0.25, 0.3) is 0 Å². The van der Waals surface area contributed by atoms with Crippen LogP contribution in [0.1, 0.15) is 51.0 Å². The molecule has 0 amide bonds. The highest BCUT2D eigenvalue weighted by Crippen LogP contribution is 2.21.